The van der Waals surface area contributed by atoms with Gasteiger partial charge in [0.2, 0.25) is 12.7 Å². The van der Waals surface area contributed by atoms with E-state index in [4.69, 9.17) is 18.7 Å². The van der Waals surface area contributed by atoms with Crippen LogP contribution in [0.3, 0.4) is 0 Å². The van der Waals surface area contributed by atoms with Crippen LogP contribution in [0.1, 0.15) is 47.6 Å². The van der Waals surface area contributed by atoms with Gasteiger partial charge < -0.3 is 29.0 Å². The molecule has 0 aliphatic carbocycles. The fraction of sp³-hybridized carbons (Fsp3) is 0.370. The summed E-state index contributed by atoms with van der Waals surface area (Å²) < 4.78 is 21.3. The maximum Gasteiger partial charge on any atom is 0.273 e. The number of ether oxygens (including phenoxy) is 3. The van der Waals surface area contributed by atoms with Gasteiger partial charge in [0.25, 0.3) is 5.91 Å². The molecular formula is C27H31N3O6. The molecule has 9 nitrogen and oxygen atoms in total. The number of rotatable bonds is 11. The summed E-state index contributed by atoms with van der Waals surface area (Å²) in [6, 6.07) is 14.9. The Labute approximate surface area is 210 Å². The van der Waals surface area contributed by atoms with E-state index in [2.05, 4.69) is 10.5 Å². The highest BCUT2D eigenvalue weighted by molar-refractivity contribution is 5.92. The Morgan fingerprint density at radius 1 is 1.06 bits per heavy atom. The summed E-state index contributed by atoms with van der Waals surface area (Å²) in [7, 11) is 1.63. The summed E-state index contributed by atoms with van der Waals surface area (Å²) in [6.07, 6.45) is 1.12. The first kappa shape index (κ1) is 25.1. The van der Waals surface area contributed by atoms with Gasteiger partial charge in [0.05, 0.1) is 13.7 Å². The first-order valence-electron chi connectivity index (χ1n) is 11.9. The minimum Gasteiger partial charge on any atom is -0.497 e. The molecule has 0 bridgehead atoms. The molecule has 0 saturated carbocycles. The van der Waals surface area contributed by atoms with Crippen LogP contribution in [0.15, 0.2) is 53.1 Å². The molecule has 0 fully saturated rings. The molecule has 36 heavy (non-hydrogen) atoms. The van der Waals surface area contributed by atoms with Gasteiger partial charge in [-0.05, 0) is 47.7 Å². The molecule has 0 radical (unpaired) electrons. The van der Waals surface area contributed by atoms with E-state index in [0.717, 1.165) is 16.9 Å². The van der Waals surface area contributed by atoms with E-state index in [1.807, 2.05) is 56.3 Å². The van der Waals surface area contributed by atoms with E-state index < -0.39 is 0 Å². The van der Waals surface area contributed by atoms with Gasteiger partial charge >= 0.3 is 0 Å². The fourth-order valence-electron chi connectivity index (χ4n) is 3.83. The number of nitrogens with one attached hydrogen (secondary N) is 1. The van der Waals surface area contributed by atoms with E-state index in [1.165, 1.54) is 0 Å². The van der Waals surface area contributed by atoms with Crippen LogP contribution >= 0.6 is 0 Å². The third kappa shape index (κ3) is 6.56. The lowest BCUT2D eigenvalue weighted by molar-refractivity contribution is -0.132. The van der Waals surface area contributed by atoms with E-state index >= 15 is 0 Å². The number of methoxy groups -OCH3 is 1. The molecular weight excluding hydrogens is 462 g/mol. The standard InChI is InChI=1S/C27H31N3O6/c1-18(2)12-26(31)30(11-10-19-4-7-21(33-3)8-5-19)16-22-14-23(29-36-22)27(32)28-15-20-6-9-24-25(13-20)35-17-34-24/h4-9,13-14,18H,10-12,15-17H2,1-3H3,(H,28,32). The molecule has 0 atom stereocenters. The molecule has 9 heteroatoms. The predicted molar refractivity (Wildman–Crippen MR) is 132 cm³/mol. The van der Waals surface area contributed by atoms with E-state index in [0.29, 0.717) is 43.2 Å². The maximum atomic E-state index is 12.9. The van der Waals surface area contributed by atoms with Crippen molar-refractivity contribution in [2.45, 2.75) is 39.8 Å². The summed E-state index contributed by atoms with van der Waals surface area (Å²) in [5.74, 6) is 2.49. The molecule has 0 saturated heterocycles. The van der Waals surface area contributed by atoms with Crippen LogP contribution in [0.2, 0.25) is 0 Å². The SMILES string of the molecule is COc1ccc(CCN(Cc2cc(C(=O)NCc3ccc4c(c3)OCO4)no2)C(=O)CC(C)C)cc1. The molecule has 1 aliphatic rings. The number of fused-ring (bicyclic) bond motifs is 1. The van der Waals surface area contributed by atoms with Gasteiger partial charge in [-0.1, -0.05) is 37.2 Å². The van der Waals surface area contributed by atoms with Crippen molar-refractivity contribution in [3.8, 4) is 17.2 Å². The van der Waals surface area contributed by atoms with Gasteiger partial charge in [0.1, 0.15) is 5.75 Å². The number of amides is 2. The second-order valence-electron chi connectivity index (χ2n) is 9.06. The van der Waals surface area contributed by atoms with Gasteiger partial charge in [0, 0.05) is 25.6 Å². The number of carbonyl (C=O) groups excluding carboxylic acids is 2. The summed E-state index contributed by atoms with van der Waals surface area (Å²) >= 11 is 0. The fourth-order valence-corrected chi connectivity index (χ4v) is 3.83. The molecule has 0 unspecified atom stereocenters. The van der Waals surface area contributed by atoms with Gasteiger partial charge in [-0.25, -0.2) is 0 Å². The first-order valence-corrected chi connectivity index (χ1v) is 11.9. The number of hydrogen-bond donors (Lipinski definition) is 1. The van der Waals surface area contributed by atoms with Crippen molar-refractivity contribution in [2.24, 2.45) is 5.92 Å². The van der Waals surface area contributed by atoms with Crippen molar-refractivity contribution in [1.29, 1.82) is 0 Å². The molecule has 2 amide bonds. The number of aromatic nitrogens is 1. The minimum atomic E-state index is -0.360. The minimum absolute atomic E-state index is 0.0312. The highest BCUT2D eigenvalue weighted by Gasteiger charge is 2.20. The predicted octanol–water partition coefficient (Wildman–Crippen LogP) is 3.96. The Balaban J connectivity index is 1.35. The topological polar surface area (TPSA) is 103 Å². The monoisotopic (exact) mass is 493 g/mol. The second-order valence-corrected chi connectivity index (χ2v) is 9.06. The van der Waals surface area contributed by atoms with Crippen LogP contribution in [0.5, 0.6) is 17.2 Å². The van der Waals surface area contributed by atoms with Crippen molar-refractivity contribution in [3.05, 3.63) is 71.1 Å². The van der Waals surface area contributed by atoms with E-state index in [-0.39, 0.29) is 36.8 Å². The van der Waals surface area contributed by atoms with Gasteiger partial charge in [-0.3, -0.25) is 9.59 Å². The van der Waals surface area contributed by atoms with Crippen LogP contribution in [-0.4, -0.2) is 42.3 Å². The van der Waals surface area contributed by atoms with Crippen molar-refractivity contribution < 1.29 is 28.3 Å². The number of nitrogens with zero attached hydrogens (tertiary/aromatic N) is 2. The zero-order chi connectivity index (χ0) is 25.5. The number of carbonyl (C=O) groups is 2. The maximum absolute atomic E-state index is 12.9. The second kappa shape index (κ2) is 11.6. The molecule has 2 aromatic carbocycles. The molecule has 190 valence electrons. The lowest BCUT2D eigenvalue weighted by Gasteiger charge is -2.22. The van der Waals surface area contributed by atoms with Crippen LogP contribution in [0, 0.1) is 5.92 Å². The molecule has 1 aromatic heterocycles. The highest BCUT2D eigenvalue weighted by atomic mass is 16.7. The quantitative estimate of drug-likeness (QED) is 0.431. The van der Waals surface area contributed by atoms with Crippen LogP contribution < -0.4 is 19.5 Å². The summed E-state index contributed by atoms with van der Waals surface area (Å²) in [5.41, 5.74) is 2.14. The van der Waals surface area contributed by atoms with E-state index in [9.17, 15) is 9.59 Å². The Hall–Kier alpha value is -4.01. The Morgan fingerprint density at radius 3 is 2.56 bits per heavy atom. The smallest absolute Gasteiger partial charge is 0.273 e. The van der Waals surface area contributed by atoms with Crippen molar-refractivity contribution in [1.82, 2.24) is 15.4 Å². The third-order valence-electron chi connectivity index (χ3n) is 5.79. The summed E-state index contributed by atoms with van der Waals surface area (Å²) in [6.45, 7) is 5.28. The number of hydrogen-bond acceptors (Lipinski definition) is 7. The molecule has 0 spiro atoms. The zero-order valence-corrected chi connectivity index (χ0v) is 20.8. The van der Waals surface area contributed by atoms with Gasteiger partial charge in [-0.15, -0.1) is 0 Å². The van der Waals surface area contributed by atoms with Crippen LogP contribution in [-0.2, 0) is 24.3 Å². The largest absolute Gasteiger partial charge is 0.497 e. The molecule has 2 heterocycles. The summed E-state index contributed by atoms with van der Waals surface area (Å²) in [4.78, 5) is 27.3. The van der Waals surface area contributed by atoms with Gasteiger partial charge in [-0.2, -0.15) is 0 Å². The highest BCUT2D eigenvalue weighted by Crippen LogP contribution is 2.32. The van der Waals surface area contributed by atoms with Crippen LogP contribution in [0.25, 0.3) is 0 Å². The van der Waals surface area contributed by atoms with Crippen molar-refractivity contribution in [3.63, 3.8) is 0 Å². The molecule has 1 aliphatic heterocycles. The third-order valence-corrected chi connectivity index (χ3v) is 5.79. The lowest BCUT2D eigenvalue weighted by Crippen LogP contribution is -2.33. The molecule has 3 aromatic rings. The average molecular weight is 494 g/mol. The normalized spacial score (nSPS) is 12.0. The van der Waals surface area contributed by atoms with Crippen molar-refractivity contribution in [2.75, 3.05) is 20.4 Å². The van der Waals surface area contributed by atoms with E-state index in [1.54, 1.807) is 18.1 Å². The molecule has 4 rings (SSSR count). The lowest BCUT2D eigenvalue weighted by atomic mass is 10.1. The number of benzene rings is 2. The summed E-state index contributed by atoms with van der Waals surface area (Å²) in [5, 5.41) is 6.74. The average Bonchev–Trinajstić information content (AvgIpc) is 3.54. The Kier molecular flexibility index (Phi) is 8.10. The van der Waals surface area contributed by atoms with Crippen LogP contribution in [0.4, 0.5) is 0 Å². The van der Waals surface area contributed by atoms with Crippen molar-refractivity contribution >= 4 is 11.8 Å². The first-order chi connectivity index (χ1) is 17.4. The molecule has 1 N–H and O–H groups in total. The van der Waals surface area contributed by atoms with Gasteiger partial charge in [0.15, 0.2) is 23.0 Å². The zero-order valence-electron chi connectivity index (χ0n) is 20.8. The Morgan fingerprint density at radius 2 is 1.81 bits per heavy atom. The Bertz CT molecular complexity index is 1190.